The van der Waals surface area contributed by atoms with Gasteiger partial charge >= 0.3 is 0 Å². The molecule has 16 heavy (non-hydrogen) atoms. The first-order valence-corrected chi connectivity index (χ1v) is 6.36. The van der Waals surface area contributed by atoms with Crippen molar-refractivity contribution in [2.45, 2.75) is 11.8 Å². The summed E-state index contributed by atoms with van der Waals surface area (Å²) in [6.45, 7) is 2.07. The highest BCUT2D eigenvalue weighted by Gasteiger charge is 2.18. The van der Waals surface area contributed by atoms with E-state index in [1.54, 1.807) is 6.92 Å². The molecule has 1 rings (SSSR count). The molecule has 4 nitrogen and oxygen atoms in total. The monoisotopic (exact) mass is 245 g/mol. The van der Waals surface area contributed by atoms with Gasteiger partial charge in [0.1, 0.15) is 11.6 Å². The van der Waals surface area contributed by atoms with E-state index in [0.717, 1.165) is 24.3 Å². The fourth-order valence-corrected chi connectivity index (χ4v) is 2.31. The van der Waals surface area contributed by atoms with Crippen molar-refractivity contribution < 1.29 is 17.6 Å². The molecule has 0 unspecified atom stereocenters. The van der Waals surface area contributed by atoms with Gasteiger partial charge in [0.15, 0.2) is 9.84 Å². The summed E-state index contributed by atoms with van der Waals surface area (Å²) >= 11 is 0. The van der Waals surface area contributed by atoms with Crippen LogP contribution in [0.1, 0.15) is 6.92 Å². The van der Waals surface area contributed by atoms with Gasteiger partial charge in [-0.1, -0.05) is 0 Å². The molecule has 0 atom stereocenters. The molecule has 1 aromatic carbocycles. The largest absolute Gasteiger partial charge is 0.355 e. The molecule has 0 aliphatic rings. The van der Waals surface area contributed by atoms with E-state index in [2.05, 4.69) is 5.32 Å². The maximum Gasteiger partial charge on any atom is 0.235 e. The zero-order valence-corrected chi connectivity index (χ0v) is 9.55. The first kappa shape index (κ1) is 12.6. The quantitative estimate of drug-likeness (QED) is 0.796. The number of nitrogens with one attached hydrogen (secondary N) is 1. The third-order valence-corrected chi connectivity index (χ3v) is 3.50. The molecule has 0 aromatic heterocycles. The average molecular weight is 245 g/mol. The van der Waals surface area contributed by atoms with Crippen molar-refractivity contribution in [3.8, 4) is 0 Å². The Balaban J connectivity index is 2.86. The lowest BCUT2D eigenvalue weighted by atomic mass is 10.4. The molecule has 1 amide bonds. The Bertz CT molecular complexity index is 467. The molecule has 0 aliphatic carbocycles. The summed E-state index contributed by atoms with van der Waals surface area (Å²) in [5, 5.41) is 2.39. The number of amides is 1. The van der Waals surface area contributed by atoms with Crippen molar-refractivity contribution in [3.05, 3.63) is 30.1 Å². The van der Waals surface area contributed by atoms with Crippen LogP contribution in [0.2, 0.25) is 0 Å². The van der Waals surface area contributed by atoms with Gasteiger partial charge in [-0.3, -0.25) is 4.79 Å². The Labute approximate surface area is 93.4 Å². The van der Waals surface area contributed by atoms with Crippen LogP contribution in [-0.2, 0) is 14.6 Å². The molecule has 1 aromatic rings. The van der Waals surface area contributed by atoms with Crippen molar-refractivity contribution >= 4 is 15.7 Å². The van der Waals surface area contributed by atoms with Gasteiger partial charge in [-0.25, -0.2) is 12.8 Å². The fourth-order valence-electron chi connectivity index (χ4n) is 1.15. The third-order valence-electron chi connectivity index (χ3n) is 1.87. The van der Waals surface area contributed by atoms with E-state index in [9.17, 15) is 17.6 Å². The van der Waals surface area contributed by atoms with E-state index in [0.29, 0.717) is 6.54 Å². The topological polar surface area (TPSA) is 63.2 Å². The molecular formula is C10H12FNO3S. The van der Waals surface area contributed by atoms with Crippen molar-refractivity contribution in [1.82, 2.24) is 5.32 Å². The van der Waals surface area contributed by atoms with Crippen LogP contribution in [0.4, 0.5) is 4.39 Å². The number of hydrogen-bond acceptors (Lipinski definition) is 3. The zero-order chi connectivity index (χ0) is 12.2. The second kappa shape index (κ2) is 5.07. The summed E-state index contributed by atoms with van der Waals surface area (Å²) in [5.41, 5.74) is 0. The van der Waals surface area contributed by atoms with E-state index in [4.69, 9.17) is 0 Å². The average Bonchev–Trinajstić information content (AvgIpc) is 2.17. The van der Waals surface area contributed by atoms with Gasteiger partial charge in [-0.2, -0.15) is 0 Å². The SMILES string of the molecule is CCNC(=O)CS(=O)(=O)c1ccc(F)cc1. The smallest absolute Gasteiger partial charge is 0.235 e. The highest BCUT2D eigenvalue weighted by Crippen LogP contribution is 2.11. The van der Waals surface area contributed by atoms with Crippen LogP contribution in [0, 0.1) is 5.82 Å². The highest BCUT2D eigenvalue weighted by molar-refractivity contribution is 7.92. The molecule has 0 radical (unpaired) electrons. The maximum absolute atomic E-state index is 12.6. The minimum atomic E-state index is -3.68. The lowest BCUT2D eigenvalue weighted by Crippen LogP contribution is -2.29. The third kappa shape index (κ3) is 3.30. The summed E-state index contributed by atoms with van der Waals surface area (Å²) in [5.74, 6) is -1.70. The van der Waals surface area contributed by atoms with E-state index in [1.165, 1.54) is 0 Å². The van der Waals surface area contributed by atoms with Crippen molar-refractivity contribution in [3.63, 3.8) is 0 Å². The fraction of sp³-hybridized carbons (Fsp3) is 0.300. The Kier molecular flexibility index (Phi) is 4.00. The molecule has 1 N–H and O–H groups in total. The minimum Gasteiger partial charge on any atom is -0.355 e. The lowest BCUT2D eigenvalue weighted by molar-refractivity contribution is -0.118. The van der Waals surface area contributed by atoms with Crippen LogP contribution < -0.4 is 5.32 Å². The van der Waals surface area contributed by atoms with Gasteiger partial charge in [0.2, 0.25) is 5.91 Å². The van der Waals surface area contributed by atoms with Crippen LogP contribution in [0.15, 0.2) is 29.2 Å². The predicted octanol–water partition coefficient (Wildman–Crippen LogP) is 0.736. The number of carbonyl (C=O) groups excluding carboxylic acids is 1. The van der Waals surface area contributed by atoms with Gasteiger partial charge in [0, 0.05) is 6.54 Å². The summed E-state index contributed by atoms with van der Waals surface area (Å²) in [4.78, 5) is 11.1. The van der Waals surface area contributed by atoms with Crippen LogP contribution in [0.5, 0.6) is 0 Å². The van der Waals surface area contributed by atoms with E-state index < -0.39 is 27.3 Å². The normalized spacial score (nSPS) is 11.1. The molecule has 0 heterocycles. The molecule has 0 aliphatic heterocycles. The van der Waals surface area contributed by atoms with Crippen molar-refractivity contribution in [1.29, 1.82) is 0 Å². The molecule has 0 spiro atoms. The second-order valence-electron chi connectivity index (χ2n) is 3.17. The molecule has 0 fully saturated rings. The summed E-state index contributed by atoms with van der Waals surface area (Å²) < 4.78 is 35.9. The molecule has 0 saturated carbocycles. The van der Waals surface area contributed by atoms with Gasteiger partial charge in [-0.05, 0) is 31.2 Å². The van der Waals surface area contributed by atoms with Gasteiger partial charge in [0.05, 0.1) is 4.90 Å². The molecule has 0 bridgehead atoms. The predicted molar refractivity (Wildman–Crippen MR) is 57.1 cm³/mol. The number of hydrogen-bond donors (Lipinski definition) is 1. The van der Waals surface area contributed by atoms with Gasteiger partial charge in [-0.15, -0.1) is 0 Å². The summed E-state index contributed by atoms with van der Waals surface area (Å²) in [7, 11) is -3.68. The van der Waals surface area contributed by atoms with Gasteiger partial charge in [0.25, 0.3) is 0 Å². The zero-order valence-electron chi connectivity index (χ0n) is 8.73. The van der Waals surface area contributed by atoms with E-state index in [-0.39, 0.29) is 4.90 Å². The second-order valence-corrected chi connectivity index (χ2v) is 5.16. The first-order chi connectivity index (χ1) is 7.45. The number of halogens is 1. The number of sulfone groups is 1. The molecule has 88 valence electrons. The van der Waals surface area contributed by atoms with Crippen LogP contribution in [-0.4, -0.2) is 26.6 Å². The Morgan fingerprint density at radius 1 is 1.31 bits per heavy atom. The van der Waals surface area contributed by atoms with E-state index >= 15 is 0 Å². The van der Waals surface area contributed by atoms with Crippen molar-refractivity contribution in [2.75, 3.05) is 12.3 Å². The number of benzene rings is 1. The van der Waals surface area contributed by atoms with E-state index in [1.807, 2.05) is 0 Å². The standard InChI is InChI=1S/C10H12FNO3S/c1-2-12-10(13)7-16(14,15)9-5-3-8(11)4-6-9/h3-6H,2,7H2,1H3,(H,12,13). The Morgan fingerprint density at radius 2 is 1.88 bits per heavy atom. The molecule has 0 saturated heterocycles. The van der Waals surface area contributed by atoms with Crippen LogP contribution in [0.3, 0.4) is 0 Å². The molecule has 6 heteroatoms. The first-order valence-electron chi connectivity index (χ1n) is 4.70. The number of rotatable bonds is 4. The number of carbonyl (C=O) groups is 1. The maximum atomic E-state index is 12.6. The summed E-state index contributed by atoms with van der Waals surface area (Å²) in [6.07, 6.45) is 0. The lowest BCUT2D eigenvalue weighted by Gasteiger charge is -2.04. The van der Waals surface area contributed by atoms with Crippen LogP contribution in [0.25, 0.3) is 0 Å². The van der Waals surface area contributed by atoms with Crippen LogP contribution >= 0.6 is 0 Å². The Morgan fingerprint density at radius 3 is 2.38 bits per heavy atom. The Hall–Kier alpha value is -1.43. The molecular weight excluding hydrogens is 233 g/mol. The summed E-state index contributed by atoms with van der Waals surface area (Å²) in [6, 6.07) is 4.38. The highest BCUT2D eigenvalue weighted by atomic mass is 32.2. The van der Waals surface area contributed by atoms with Crippen molar-refractivity contribution in [2.24, 2.45) is 0 Å². The van der Waals surface area contributed by atoms with Gasteiger partial charge < -0.3 is 5.32 Å². The minimum absolute atomic E-state index is 0.0554.